The molecule has 4 nitrogen and oxygen atoms in total. The van der Waals surface area contributed by atoms with Gasteiger partial charge >= 0.3 is 5.97 Å². The molecular weight excluding hydrogens is 427 g/mol. The van der Waals surface area contributed by atoms with Crippen LogP contribution in [0.3, 0.4) is 0 Å². The molecule has 0 spiro atoms. The first kappa shape index (κ1) is 25.0. The second-order valence-corrected chi connectivity index (χ2v) is 10.6. The van der Waals surface area contributed by atoms with Gasteiger partial charge in [-0.15, -0.1) is 11.8 Å². The molecule has 1 heterocycles. The van der Waals surface area contributed by atoms with Crippen molar-refractivity contribution in [2.24, 2.45) is 11.3 Å². The van der Waals surface area contributed by atoms with Crippen LogP contribution in [-0.2, 0) is 14.3 Å². The number of esters is 1. The second kappa shape index (κ2) is 11.0. The van der Waals surface area contributed by atoms with Gasteiger partial charge in [-0.2, -0.15) is 0 Å². The van der Waals surface area contributed by atoms with E-state index >= 15 is 0 Å². The first-order valence-electron chi connectivity index (χ1n) is 11.6. The average Bonchev–Trinajstić information content (AvgIpc) is 2.71. The minimum atomic E-state index is -0.676. The fourth-order valence-electron chi connectivity index (χ4n) is 4.56. The van der Waals surface area contributed by atoms with E-state index in [1.54, 1.807) is 6.07 Å². The van der Waals surface area contributed by atoms with Crippen LogP contribution in [0.25, 0.3) is 5.57 Å². The van der Waals surface area contributed by atoms with Crippen LogP contribution in [0.2, 0.25) is 0 Å². The van der Waals surface area contributed by atoms with Crippen molar-refractivity contribution >= 4 is 23.3 Å². The number of hydrogen-bond acceptors (Lipinski definition) is 5. The smallest absolute Gasteiger partial charge is 0.309 e. The van der Waals surface area contributed by atoms with Gasteiger partial charge in [0.05, 0.1) is 18.6 Å². The lowest BCUT2D eigenvalue weighted by atomic mass is 9.66. The lowest BCUT2D eigenvalue weighted by Gasteiger charge is -2.41. The molecule has 0 bridgehead atoms. The topological polar surface area (TPSA) is 55.8 Å². The quantitative estimate of drug-likeness (QED) is 0.301. The van der Waals surface area contributed by atoms with Crippen LogP contribution in [0.1, 0.15) is 58.9 Å². The van der Waals surface area contributed by atoms with E-state index in [9.17, 15) is 14.3 Å². The Labute approximate surface area is 195 Å². The molecule has 1 aromatic carbocycles. The molecule has 6 heteroatoms. The van der Waals surface area contributed by atoms with Gasteiger partial charge in [0.1, 0.15) is 11.9 Å². The third-order valence-corrected chi connectivity index (χ3v) is 7.01. The number of allylic oxidation sites excluding steroid dienone is 2. The van der Waals surface area contributed by atoms with Crippen LogP contribution in [0.15, 0.2) is 41.3 Å². The summed E-state index contributed by atoms with van der Waals surface area (Å²) in [6, 6.07) is 5.45. The summed E-state index contributed by atoms with van der Waals surface area (Å²) in [5, 5.41) is 9.93. The van der Waals surface area contributed by atoms with E-state index in [4.69, 9.17) is 9.47 Å². The molecule has 1 aliphatic carbocycles. The van der Waals surface area contributed by atoms with Crippen LogP contribution in [0.5, 0.6) is 0 Å². The Balaban J connectivity index is 1.95. The van der Waals surface area contributed by atoms with Gasteiger partial charge in [-0.3, -0.25) is 4.79 Å². The molecule has 1 N–H and O–H groups in total. The van der Waals surface area contributed by atoms with Crippen molar-refractivity contribution < 1.29 is 23.8 Å². The Morgan fingerprint density at radius 2 is 2.09 bits per heavy atom. The van der Waals surface area contributed by atoms with Gasteiger partial charge in [0.15, 0.2) is 0 Å². The van der Waals surface area contributed by atoms with Gasteiger partial charge in [0.25, 0.3) is 0 Å². The number of ether oxygens (including phenoxy) is 2. The van der Waals surface area contributed by atoms with E-state index < -0.39 is 12.2 Å². The lowest BCUT2D eigenvalue weighted by Crippen LogP contribution is -2.35. The Hall–Kier alpha value is -1.63. The van der Waals surface area contributed by atoms with E-state index in [0.29, 0.717) is 17.9 Å². The average molecular weight is 463 g/mol. The normalized spacial score (nSPS) is 27.9. The van der Waals surface area contributed by atoms with Crippen LogP contribution in [0, 0.1) is 17.2 Å². The van der Waals surface area contributed by atoms with Gasteiger partial charge in [-0.05, 0) is 53.4 Å². The van der Waals surface area contributed by atoms with Crippen LogP contribution in [0.4, 0.5) is 4.39 Å². The number of cyclic esters (lactones) is 1. The van der Waals surface area contributed by atoms with Crippen LogP contribution >= 0.6 is 11.8 Å². The van der Waals surface area contributed by atoms with Crippen molar-refractivity contribution in [2.75, 3.05) is 12.4 Å². The molecule has 2 aliphatic rings. The molecule has 4 atom stereocenters. The highest BCUT2D eigenvalue weighted by Crippen LogP contribution is 2.47. The minimum absolute atomic E-state index is 0.00849. The van der Waals surface area contributed by atoms with Gasteiger partial charge in [-0.25, -0.2) is 4.39 Å². The number of rotatable bonds is 8. The molecule has 3 rings (SSSR count). The predicted molar refractivity (Wildman–Crippen MR) is 127 cm³/mol. The largest absolute Gasteiger partial charge is 0.458 e. The summed E-state index contributed by atoms with van der Waals surface area (Å²) in [6.07, 6.45) is 7.13. The number of halogens is 1. The molecule has 4 unspecified atom stereocenters. The zero-order chi connectivity index (χ0) is 23.3. The monoisotopic (exact) mass is 462 g/mol. The molecule has 0 saturated carbocycles. The number of benzene rings is 1. The summed E-state index contributed by atoms with van der Waals surface area (Å²) in [6.45, 7) is 9.16. The molecular formula is C26H35FO4S. The number of carbonyl (C=O) groups excluding carboxylic acids is 1. The molecule has 0 radical (unpaired) electrons. The van der Waals surface area contributed by atoms with E-state index in [0.717, 1.165) is 29.7 Å². The SMILES string of the molecule is CCCOC1C=C(c2ccc(SCC)c(F)c2)C(C=CC2CC(O)CC(=O)O2)C(C)(C)C1. The van der Waals surface area contributed by atoms with Crippen molar-refractivity contribution in [1.82, 2.24) is 0 Å². The zero-order valence-corrected chi connectivity index (χ0v) is 20.3. The summed E-state index contributed by atoms with van der Waals surface area (Å²) in [5.74, 6) is 0.217. The van der Waals surface area contributed by atoms with E-state index in [1.165, 1.54) is 11.8 Å². The molecule has 1 fully saturated rings. The number of carbonyl (C=O) groups is 1. The van der Waals surface area contributed by atoms with Crippen LogP contribution < -0.4 is 0 Å². The molecule has 0 amide bonds. The lowest BCUT2D eigenvalue weighted by molar-refractivity contribution is -0.156. The van der Waals surface area contributed by atoms with Gasteiger partial charge in [0.2, 0.25) is 0 Å². The Morgan fingerprint density at radius 3 is 2.75 bits per heavy atom. The molecule has 0 aromatic heterocycles. The maximum atomic E-state index is 14.8. The highest BCUT2D eigenvalue weighted by atomic mass is 32.2. The standard InChI is InChI=1S/C26H35FO4S/c1-5-11-30-20-15-21(17-7-10-24(32-6-2)23(27)12-17)22(26(3,4)16-20)9-8-19-13-18(28)14-25(29)31-19/h7-10,12,15,18-20,22,28H,5-6,11,13-14,16H2,1-4H3. The Bertz CT molecular complexity index is 863. The summed E-state index contributed by atoms with van der Waals surface area (Å²) >= 11 is 1.49. The highest BCUT2D eigenvalue weighted by Gasteiger charge is 2.38. The molecule has 1 aromatic rings. The first-order valence-corrected chi connectivity index (χ1v) is 12.5. The maximum Gasteiger partial charge on any atom is 0.309 e. The molecule has 176 valence electrons. The van der Waals surface area contributed by atoms with Crippen molar-refractivity contribution in [2.45, 2.75) is 76.6 Å². The number of hydrogen-bond donors (Lipinski definition) is 1. The van der Waals surface area contributed by atoms with Crippen LogP contribution in [-0.4, -0.2) is 41.7 Å². The van der Waals surface area contributed by atoms with E-state index in [2.05, 4.69) is 32.9 Å². The predicted octanol–water partition coefficient (Wildman–Crippen LogP) is 5.79. The first-order chi connectivity index (χ1) is 15.2. The van der Waals surface area contributed by atoms with Crippen molar-refractivity contribution in [3.8, 4) is 0 Å². The third kappa shape index (κ3) is 6.24. The van der Waals surface area contributed by atoms with Gasteiger partial charge in [-0.1, -0.05) is 45.9 Å². The van der Waals surface area contributed by atoms with Gasteiger partial charge in [0, 0.05) is 23.8 Å². The molecule has 32 heavy (non-hydrogen) atoms. The summed E-state index contributed by atoms with van der Waals surface area (Å²) < 4.78 is 26.3. The number of aliphatic hydroxyl groups excluding tert-OH is 1. The second-order valence-electron chi connectivity index (χ2n) is 9.29. The Kier molecular flexibility index (Phi) is 8.59. The van der Waals surface area contributed by atoms with E-state index in [-0.39, 0.29) is 35.6 Å². The molecule has 1 aliphatic heterocycles. The number of thioether (sulfide) groups is 1. The highest BCUT2D eigenvalue weighted by molar-refractivity contribution is 7.99. The van der Waals surface area contributed by atoms with Crippen molar-refractivity contribution in [3.05, 3.63) is 47.8 Å². The van der Waals surface area contributed by atoms with Crippen molar-refractivity contribution in [3.63, 3.8) is 0 Å². The van der Waals surface area contributed by atoms with Crippen molar-refractivity contribution in [1.29, 1.82) is 0 Å². The summed E-state index contributed by atoms with van der Waals surface area (Å²) in [4.78, 5) is 12.4. The minimum Gasteiger partial charge on any atom is -0.458 e. The fraction of sp³-hybridized carbons (Fsp3) is 0.577. The summed E-state index contributed by atoms with van der Waals surface area (Å²) in [5.41, 5.74) is 1.72. The van der Waals surface area contributed by atoms with E-state index in [1.807, 2.05) is 25.1 Å². The number of aliphatic hydroxyl groups is 1. The zero-order valence-electron chi connectivity index (χ0n) is 19.5. The molecule has 1 saturated heterocycles. The Morgan fingerprint density at radius 1 is 1.31 bits per heavy atom. The fourth-order valence-corrected chi connectivity index (χ4v) is 5.23. The third-order valence-electron chi connectivity index (χ3n) is 6.08. The maximum absolute atomic E-state index is 14.8. The van der Waals surface area contributed by atoms with Gasteiger partial charge < -0.3 is 14.6 Å². The summed E-state index contributed by atoms with van der Waals surface area (Å²) in [7, 11) is 0.